The largest absolute Gasteiger partial charge is 0.336 e. The second kappa shape index (κ2) is 7.92. The predicted octanol–water partition coefficient (Wildman–Crippen LogP) is 4.08. The molecule has 1 amide bonds. The average Bonchev–Trinajstić information content (AvgIpc) is 3.24. The van der Waals surface area contributed by atoms with E-state index in [-0.39, 0.29) is 17.4 Å². The van der Waals surface area contributed by atoms with Crippen molar-refractivity contribution in [3.63, 3.8) is 0 Å². The lowest BCUT2D eigenvalue weighted by molar-refractivity contribution is 0.0666. The Labute approximate surface area is 178 Å². The topological polar surface area (TPSA) is 62.5 Å². The number of piperazine rings is 1. The molecule has 0 spiro atoms. The third-order valence-electron chi connectivity index (χ3n) is 5.65. The summed E-state index contributed by atoms with van der Waals surface area (Å²) < 4.78 is 19.0. The molecule has 6 nitrogen and oxygen atoms in total. The number of amides is 1. The Morgan fingerprint density at radius 1 is 0.968 bits per heavy atom. The first kappa shape index (κ1) is 19.4. The maximum absolute atomic E-state index is 13.6. The SMILES string of the molecule is CN1CCN(C(=O)c2cc(-c3ccccc3)nc3onc(-c4ccc(F)cc4)c23)CC1. The van der Waals surface area contributed by atoms with Crippen LogP contribution in [0.25, 0.3) is 33.6 Å². The van der Waals surface area contributed by atoms with Crippen molar-refractivity contribution in [1.29, 1.82) is 0 Å². The third-order valence-corrected chi connectivity index (χ3v) is 5.65. The van der Waals surface area contributed by atoms with Gasteiger partial charge in [-0.05, 0) is 37.4 Å². The molecule has 4 aromatic rings. The van der Waals surface area contributed by atoms with Gasteiger partial charge < -0.3 is 14.3 Å². The van der Waals surface area contributed by atoms with Gasteiger partial charge in [0.1, 0.15) is 11.5 Å². The van der Waals surface area contributed by atoms with Gasteiger partial charge in [-0.15, -0.1) is 0 Å². The second-order valence-electron chi connectivity index (χ2n) is 7.73. The van der Waals surface area contributed by atoms with Crippen molar-refractivity contribution in [3.8, 4) is 22.5 Å². The van der Waals surface area contributed by atoms with Crippen LogP contribution in [0.4, 0.5) is 4.39 Å². The molecular weight excluding hydrogens is 395 g/mol. The molecule has 31 heavy (non-hydrogen) atoms. The summed E-state index contributed by atoms with van der Waals surface area (Å²) in [5.41, 5.74) is 3.47. The van der Waals surface area contributed by atoms with Crippen LogP contribution in [0.3, 0.4) is 0 Å². The number of hydrogen-bond donors (Lipinski definition) is 0. The lowest BCUT2D eigenvalue weighted by Gasteiger charge is -2.32. The zero-order valence-corrected chi connectivity index (χ0v) is 17.1. The van der Waals surface area contributed by atoms with Gasteiger partial charge >= 0.3 is 0 Å². The highest BCUT2D eigenvalue weighted by Gasteiger charge is 2.27. The first-order valence-corrected chi connectivity index (χ1v) is 10.2. The maximum atomic E-state index is 13.6. The van der Waals surface area contributed by atoms with Crippen LogP contribution in [0, 0.1) is 5.82 Å². The van der Waals surface area contributed by atoms with Crippen molar-refractivity contribution in [2.45, 2.75) is 0 Å². The molecular formula is C24H21FN4O2. The van der Waals surface area contributed by atoms with Gasteiger partial charge in [0.25, 0.3) is 11.6 Å². The Hall–Kier alpha value is -3.58. The number of benzene rings is 2. The van der Waals surface area contributed by atoms with Gasteiger partial charge in [-0.25, -0.2) is 9.37 Å². The van der Waals surface area contributed by atoms with E-state index in [9.17, 15) is 9.18 Å². The highest BCUT2D eigenvalue weighted by atomic mass is 19.1. The van der Waals surface area contributed by atoms with Crippen LogP contribution >= 0.6 is 0 Å². The van der Waals surface area contributed by atoms with Crippen molar-refractivity contribution in [1.82, 2.24) is 19.9 Å². The van der Waals surface area contributed by atoms with Crippen molar-refractivity contribution in [3.05, 3.63) is 72.0 Å². The van der Waals surface area contributed by atoms with E-state index in [1.807, 2.05) is 48.3 Å². The number of carbonyl (C=O) groups excluding carboxylic acids is 1. The fourth-order valence-electron chi connectivity index (χ4n) is 3.86. The second-order valence-corrected chi connectivity index (χ2v) is 7.73. The summed E-state index contributed by atoms with van der Waals surface area (Å²) in [6.45, 7) is 2.94. The number of carbonyl (C=O) groups is 1. The zero-order valence-electron chi connectivity index (χ0n) is 17.1. The Morgan fingerprint density at radius 3 is 2.39 bits per heavy atom. The molecule has 1 fully saturated rings. The zero-order chi connectivity index (χ0) is 21.4. The minimum atomic E-state index is -0.338. The van der Waals surface area contributed by atoms with E-state index in [0.29, 0.717) is 41.0 Å². The van der Waals surface area contributed by atoms with E-state index in [1.54, 1.807) is 12.1 Å². The van der Waals surface area contributed by atoms with E-state index in [4.69, 9.17) is 4.52 Å². The van der Waals surface area contributed by atoms with Crippen LogP contribution in [0.2, 0.25) is 0 Å². The van der Waals surface area contributed by atoms with Gasteiger partial charge in [-0.2, -0.15) is 0 Å². The number of pyridine rings is 1. The summed E-state index contributed by atoms with van der Waals surface area (Å²) in [6.07, 6.45) is 0. The molecule has 0 radical (unpaired) electrons. The van der Waals surface area contributed by atoms with E-state index in [2.05, 4.69) is 15.0 Å². The van der Waals surface area contributed by atoms with Gasteiger partial charge in [-0.3, -0.25) is 4.79 Å². The minimum Gasteiger partial charge on any atom is -0.336 e. The van der Waals surface area contributed by atoms with E-state index >= 15 is 0 Å². The molecule has 0 aliphatic carbocycles. The monoisotopic (exact) mass is 416 g/mol. The van der Waals surface area contributed by atoms with Gasteiger partial charge in [0, 0.05) is 37.3 Å². The van der Waals surface area contributed by atoms with E-state index in [1.165, 1.54) is 12.1 Å². The third kappa shape index (κ3) is 3.68. The highest BCUT2D eigenvalue weighted by molar-refractivity contribution is 6.10. The molecule has 1 aliphatic rings. The van der Waals surface area contributed by atoms with E-state index < -0.39 is 0 Å². The van der Waals surface area contributed by atoms with Gasteiger partial charge in [0.15, 0.2) is 0 Å². The number of halogens is 1. The van der Waals surface area contributed by atoms with Gasteiger partial charge in [0.05, 0.1) is 16.6 Å². The van der Waals surface area contributed by atoms with Gasteiger partial charge in [0.2, 0.25) is 0 Å². The lowest BCUT2D eigenvalue weighted by atomic mass is 10.0. The summed E-state index contributed by atoms with van der Waals surface area (Å²) in [6, 6.07) is 17.4. The van der Waals surface area contributed by atoms with Crippen molar-refractivity contribution in [2.24, 2.45) is 0 Å². The number of hydrogen-bond acceptors (Lipinski definition) is 5. The summed E-state index contributed by atoms with van der Waals surface area (Å²) in [5.74, 6) is -0.418. The van der Waals surface area contributed by atoms with Crippen LogP contribution in [-0.2, 0) is 0 Å². The molecule has 7 heteroatoms. The Balaban J connectivity index is 1.68. The van der Waals surface area contributed by atoms with Crippen molar-refractivity contribution < 1.29 is 13.7 Å². The van der Waals surface area contributed by atoms with Crippen LogP contribution in [-0.4, -0.2) is 59.1 Å². The fourth-order valence-corrected chi connectivity index (χ4v) is 3.86. The average molecular weight is 416 g/mol. The van der Waals surface area contributed by atoms with Crippen LogP contribution in [0.1, 0.15) is 10.4 Å². The standard InChI is InChI=1S/C24H21FN4O2/c1-28-11-13-29(14-12-28)24(30)19-15-20(16-5-3-2-4-6-16)26-23-21(19)22(27-31-23)17-7-9-18(25)10-8-17/h2-10,15H,11-14H2,1H3. The number of aromatic nitrogens is 2. The number of likely N-dealkylation sites (N-methyl/N-ethyl adjacent to an activating group) is 1. The Morgan fingerprint density at radius 2 is 1.68 bits per heavy atom. The quantitative estimate of drug-likeness (QED) is 0.504. The van der Waals surface area contributed by atoms with Crippen LogP contribution in [0.5, 0.6) is 0 Å². The highest BCUT2D eigenvalue weighted by Crippen LogP contribution is 2.33. The fraction of sp³-hybridized carbons (Fsp3) is 0.208. The molecule has 2 aromatic carbocycles. The number of nitrogens with zero attached hydrogens (tertiary/aromatic N) is 4. The maximum Gasteiger partial charge on any atom is 0.259 e. The van der Waals surface area contributed by atoms with Crippen LogP contribution < -0.4 is 0 Å². The number of rotatable bonds is 3. The van der Waals surface area contributed by atoms with E-state index in [0.717, 1.165) is 18.7 Å². The minimum absolute atomic E-state index is 0.0794. The molecule has 3 heterocycles. The molecule has 0 bridgehead atoms. The molecule has 1 aliphatic heterocycles. The molecule has 5 rings (SSSR count). The Bertz CT molecular complexity index is 1230. The van der Waals surface area contributed by atoms with Crippen molar-refractivity contribution in [2.75, 3.05) is 33.2 Å². The summed E-state index contributed by atoms with van der Waals surface area (Å²) in [5, 5.41) is 4.74. The van der Waals surface area contributed by atoms with Gasteiger partial charge in [-0.1, -0.05) is 35.5 Å². The molecule has 156 valence electrons. The number of fused-ring (bicyclic) bond motifs is 1. The molecule has 2 aromatic heterocycles. The molecule has 0 N–H and O–H groups in total. The summed E-state index contributed by atoms with van der Waals surface area (Å²) >= 11 is 0. The summed E-state index contributed by atoms with van der Waals surface area (Å²) in [7, 11) is 2.05. The summed E-state index contributed by atoms with van der Waals surface area (Å²) in [4.78, 5) is 22.3. The van der Waals surface area contributed by atoms with Crippen LogP contribution in [0.15, 0.2) is 65.2 Å². The normalized spacial score (nSPS) is 14.8. The van der Waals surface area contributed by atoms with Crippen molar-refractivity contribution >= 4 is 17.0 Å². The molecule has 0 atom stereocenters. The Kier molecular flexibility index (Phi) is 4.95. The lowest BCUT2D eigenvalue weighted by Crippen LogP contribution is -2.47. The molecule has 0 unspecified atom stereocenters. The molecule has 1 saturated heterocycles. The first-order chi connectivity index (χ1) is 15.1. The smallest absolute Gasteiger partial charge is 0.259 e. The molecule has 0 saturated carbocycles. The predicted molar refractivity (Wildman–Crippen MR) is 116 cm³/mol. The first-order valence-electron chi connectivity index (χ1n) is 10.2.